The Morgan fingerprint density at radius 1 is 1.04 bits per heavy atom. The number of fused-ring (bicyclic) bond motifs is 1. The van der Waals surface area contributed by atoms with E-state index >= 15 is 0 Å². The molecule has 0 unspecified atom stereocenters. The van der Waals surface area contributed by atoms with Gasteiger partial charge in [-0.1, -0.05) is 42.5 Å². The average molecular weight is 373 g/mol. The van der Waals surface area contributed by atoms with Crippen LogP contribution in [0.1, 0.15) is 29.5 Å². The van der Waals surface area contributed by atoms with Crippen LogP contribution in [0.2, 0.25) is 0 Å². The van der Waals surface area contributed by atoms with E-state index in [1.807, 2.05) is 61.5 Å². The first kappa shape index (κ1) is 18.2. The minimum atomic E-state index is -0.255. The summed E-state index contributed by atoms with van der Waals surface area (Å²) < 4.78 is 1.32. The number of aromatic nitrogens is 2. The Hall–Kier alpha value is -3.21. The molecule has 1 amide bonds. The van der Waals surface area contributed by atoms with Crippen LogP contribution in [-0.2, 0) is 24.2 Å². The van der Waals surface area contributed by atoms with Crippen molar-refractivity contribution in [2.75, 3.05) is 5.32 Å². The van der Waals surface area contributed by atoms with Gasteiger partial charge in [-0.25, -0.2) is 4.68 Å². The Morgan fingerprint density at radius 3 is 2.54 bits per heavy atom. The van der Waals surface area contributed by atoms with Gasteiger partial charge in [0.15, 0.2) is 0 Å². The Morgan fingerprint density at radius 2 is 1.79 bits per heavy atom. The summed E-state index contributed by atoms with van der Waals surface area (Å²) in [5, 5.41) is 7.46. The van der Waals surface area contributed by atoms with Gasteiger partial charge in [-0.15, -0.1) is 0 Å². The van der Waals surface area contributed by atoms with Gasteiger partial charge in [0.1, 0.15) is 6.54 Å². The summed E-state index contributed by atoms with van der Waals surface area (Å²) in [7, 11) is 0. The molecule has 0 fully saturated rings. The maximum atomic E-state index is 13.0. The zero-order valence-electron chi connectivity index (χ0n) is 15.9. The van der Waals surface area contributed by atoms with Gasteiger partial charge >= 0.3 is 0 Å². The molecule has 1 aromatic heterocycles. The van der Waals surface area contributed by atoms with E-state index in [1.54, 1.807) is 0 Å². The van der Waals surface area contributed by atoms with Gasteiger partial charge < -0.3 is 5.32 Å². The molecule has 5 nitrogen and oxygen atoms in total. The highest BCUT2D eigenvalue weighted by molar-refractivity contribution is 5.90. The standard InChI is InChI=1S/C23H23N3O2/c1-16-8-7-11-18(14-16)24-21(27)15-26-23(28)20-13-6-5-12-19(20)22(25-26)17-9-3-2-4-10-17/h2-4,7-11,14H,5-6,12-13,15H2,1H3,(H,24,27). The monoisotopic (exact) mass is 373 g/mol. The van der Waals surface area contributed by atoms with Crippen molar-refractivity contribution in [2.24, 2.45) is 0 Å². The number of amides is 1. The normalized spacial score (nSPS) is 13.0. The lowest BCUT2D eigenvalue weighted by atomic mass is 9.90. The number of anilines is 1. The lowest BCUT2D eigenvalue weighted by Crippen LogP contribution is -2.34. The van der Waals surface area contributed by atoms with Crippen molar-refractivity contribution in [3.05, 3.63) is 81.6 Å². The second-order valence-electron chi connectivity index (χ2n) is 7.26. The smallest absolute Gasteiger partial charge is 0.270 e. The van der Waals surface area contributed by atoms with Gasteiger partial charge in [0.25, 0.3) is 5.56 Å². The van der Waals surface area contributed by atoms with E-state index in [0.29, 0.717) is 0 Å². The second-order valence-corrected chi connectivity index (χ2v) is 7.26. The summed E-state index contributed by atoms with van der Waals surface area (Å²) in [6.07, 6.45) is 3.66. The third kappa shape index (κ3) is 3.74. The summed E-state index contributed by atoms with van der Waals surface area (Å²) in [5.41, 5.74) is 5.29. The van der Waals surface area contributed by atoms with E-state index < -0.39 is 0 Å². The number of carbonyl (C=O) groups excluding carboxylic acids is 1. The first-order chi connectivity index (χ1) is 13.6. The van der Waals surface area contributed by atoms with E-state index in [-0.39, 0.29) is 18.0 Å². The van der Waals surface area contributed by atoms with Gasteiger partial charge in [-0.05, 0) is 55.9 Å². The predicted octanol–water partition coefficient (Wildman–Crippen LogP) is 3.74. The average Bonchev–Trinajstić information content (AvgIpc) is 2.71. The SMILES string of the molecule is Cc1cccc(NC(=O)Cn2nc(-c3ccccc3)c3c(c2=O)CCCC3)c1. The summed E-state index contributed by atoms with van der Waals surface area (Å²) in [5.74, 6) is -0.255. The highest BCUT2D eigenvalue weighted by Crippen LogP contribution is 2.27. The zero-order chi connectivity index (χ0) is 19.5. The number of nitrogens with zero attached hydrogens (tertiary/aromatic N) is 2. The molecule has 1 N–H and O–H groups in total. The van der Waals surface area contributed by atoms with E-state index in [9.17, 15) is 9.59 Å². The van der Waals surface area contributed by atoms with Gasteiger partial charge in [-0.2, -0.15) is 5.10 Å². The summed E-state index contributed by atoms with van der Waals surface area (Å²) in [6, 6.07) is 17.5. The molecular formula is C23H23N3O2. The van der Waals surface area contributed by atoms with Gasteiger partial charge in [0.2, 0.25) is 5.91 Å². The van der Waals surface area contributed by atoms with Crippen molar-refractivity contribution in [3.63, 3.8) is 0 Å². The molecule has 0 saturated carbocycles. The van der Waals surface area contributed by atoms with E-state index in [2.05, 4.69) is 10.4 Å². The number of rotatable bonds is 4. The maximum absolute atomic E-state index is 13.0. The van der Waals surface area contributed by atoms with Crippen molar-refractivity contribution in [1.82, 2.24) is 9.78 Å². The lowest BCUT2D eigenvalue weighted by Gasteiger charge is -2.20. The molecule has 28 heavy (non-hydrogen) atoms. The number of hydrogen-bond donors (Lipinski definition) is 1. The first-order valence-corrected chi connectivity index (χ1v) is 9.66. The van der Waals surface area contributed by atoms with Crippen LogP contribution in [0, 0.1) is 6.92 Å². The molecule has 0 radical (unpaired) electrons. The molecule has 0 spiro atoms. The van der Waals surface area contributed by atoms with E-state index in [1.165, 1.54) is 4.68 Å². The molecular weight excluding hydrogens is 350 g/mol. The Labute approximate surface area is 164 Å². The molecule has 3 aromatic rings. The van der Waals surface area contributed by atoms with Crippen molar-refractivity contribution in [1.29, 1.82) is 0 Å². The molecule has 0 bridgehead atoms. The topological polar surface area (TPSA) is 64.0 Å². The summed E-state index contributed by atoms with van der Waals surface area (Å²) in [4.78, 5) is 25.5. The quantitative estimate of drug-likeness (QED) is 0.758. The van der Waals surface area contributed by atoms with Crippen molar-refractivity contribution < 1.29 is 4.79 Å². The summed E-state index contributed by atoms with van der Waals surface area (Å²) in [6.45, 7) is 1.87. The number of nitrogens with one attached hydrogen (secondary N) is 1. The molecule has 2 aromatic carbocycles. The van der Waals surface area contributed by atoms with Crippen LogP contribution in [0.25, 0.3) is 11.3 Å². The van der Waals surface area contributed by atoms with Gasteiger partial charge in [0.05, 0.1) is 5.69 Å². The highest BCUT2D eigenvalue weighted by atomic mass is 16.2. The Kier molecular flexibility index (Phi) is 5.06. The van der Waals surface area contributed by atoms with Crippen molar-refractivity contribution in [3.8, 4) is 11.3 Å². The van der Waals surface area contributed by atoms with Crippen molar-refractivity contribution >= 4 is 11.6 Å². The van der Waals surface area contributed by atoms with Crippen LogP contribution in [-0.4, -0.2) is 15.7 Å². The predicted molar refractivity (Wildman–Crippen MR) is 110 cm³/mol. The molecule has 1 heterocycles. The minimum absolute atomic E-state index is 0.0973. The largest absolute Gasteiger partial charge is 0.324 e. The van der Waals surface area contributed by atoms with Crippen LogP contribution in [0.5, 0.6) is 0 Å². The number of hydrogen-bond acceptors (Lipinski definition) is 3. The van der Waals surface area contributed by atoms with Crippen LogP contribution in [0.4, 0.5) is 5.69 Å². The second kappa shape index (κ2) is 7.80. The minimum Gasteiger partial charge on any atom is -0.324 e. The first-order valence-electron chi connectivity index (χ1n) is 9.66. The number of carbonyl (C=O) groups is 1. The highest BCUT2D eigenvalue weighted by Gasteiger charge is 2.22. The molecule has 4 rings (SSSR count). The summed E-state index contributed by atoms with van der Waals surface area (Å²) >= 11 is 0. The van der Waals surface area contributed by atoms with Gasteiger partial charge in [-0.3, -0.25) is 9.59 Å². The Bertz CT molecular complexity index is 1070. The molecule has 1 aliphatic rings. The van der Waals surface area contributed by atoms with Crippen LogP contribution < -0.4 is 10.9 Å². The van der Waals surface area contributed by atoms with Crippen LogP contribution in [0.15, 0.2) is 59.4 Å². The maximum Gasteiger partial charge on any atom is 0.270 e. The fourth-order valence-electron chi connectivity index (χ4n) is 3.78. The van der Waals surface area contributed by atoms with Crippen molar-refractivity contribution in [2.45, 2.75) is 39.2 Å². The number of aryl methyl sites for hydroxylation is 1. The lowest BCUT2D eigenvalue weighted by molar-refractivity contribution is -0.117. The van der Waals surface area contributed by atoms with E-state index in [0.717, 1.165) is 59.3 Å². The molecule has 1 aliphatic carbocycles. The molecule has 5 heteroatoms. The molecule has 0 aliphatic heterocycles. The fraction of sp³-hybridized carbons (Fsp3) is 0.261. The number of benzene rings is 2. The van der Waals surface area contributed by atoms with Gasteiger partial charge in [0, 0.05) is 16.8 Å². The third-order valence-electron chi connectivity index (χ3n) is 5.11. The Balaban J connectivity index is 1.69. The third-order valence-corrected chi connectivity index (χ3v) is 5.11. The fourth-order valence-corrected chi connectivity index (χ4v) is 3.78. The van der Waals surface area contributed by atoms with E-state index in [4.69, 9.17) is 0 Å². The molecule has 0 atom stereocenters. The van der Waals surface area contributed by atoms with Crippen LogP contribution >= 0.6 is 0 Å². The molecule has 0 saturated heterocycles. The molecule has 142 valence electrons. The van der Waals surface area contributed by atoms with Crippen LogP contribution in [0.3, 0.4) is 0 Å². The zero-order valence-corrected chi connectivity index (χ0v) is 15.9.